The summed E-state index contributed by atoms with van der Waals surface area (Å²) in [7, 11) is 4.08. The first-order valence-corrected chi connectivity index (χ1v) is 7.16. The van der Waals surface area contributed by atoms with Crippen LogP contribution in [0.3, 0.4) is 0 Å². The SMILES string of the molecule is CCOCCC(=O)N1CCN(C)[C@@H](c2nccn2C)C1. The second kappa shape index (κ2) is 6.85. The van der Waals surface area contributed by atoms with Gasteiger partial charge in [0.2, 0.25) is 5.91 Å². The summed E-state index contributed by atoms with van der Waals surface area (Å²) in [5, 5.41) is 0. The highest BCUT2D eigenvalue weighted by Crippen LogP contribution is 2.22. The number of piperazine rings is 1. The zero-order valence-corrected chi connectivity index (χ0v) is 12.6. The molecule has 1 amide bonds. The average Bonchev–Trinajstić information content (AvgIpc) is 2.85. The Morgan fingerprint density at radius 2 is 2.25 bits per heavy atom. The van der Waals surface area contributed by atoms with Crippen molar-refractivity contribution in [1.82, 2.24) is 19.4 Å². The van der Waals surface area contributed by atoms with Crippen LogP contribution in [0.4, 0.5) is 0 Å². The summed E-state index contributed by atoms with van der Waals surface area (Å²) in [6.07, 6.45) is 4.21. The smallest absolute Gasteiger partial charge is 0.224 e. The Morgan fingerprint density at radius 1 is 1.45 bits per heavy atom. The molecule has 0 aromatic carbocycles. The molecular weight excluding hydrogens is 256 g/mol. The number of nitrogens with zero attached hydrogens (tertiary/aromatic N) is 4. The van der Waals surface area contributed by atoms with Gasteiger partial charge in [0.05, 0.1) is 19.1 Å². The number of carbonyl (C=O) groups is 1. The molecule has 2 rings (SSSR count). The first-order chi connectivity index (χ1) is 9.63. The van der Waals surface area contributed by atoms with Gasteiger partial charge in [-0.05, 0) is 14.0 Å². The molecule has 1 saturated heterocycles. The Morgan fingerprint density at radius 3 is 2.90 bits per heavy atom. The van der Waals surface area contributed by atoms with Crippen molar-refractivity contribution in [2.24, 2.45) is 7.05 Å². The van der Waals surface area contributed by atoms with Crippen molar-refractivity contribution in [2.75, 3.05) is 39.9 Å². The summed E-state index contributed by atoms with van der Waals surface area (Å²) < 4.78 is 7.28. The summed E-state index contributed by atoms with van der Waals surface area (Å²) >= 11 is 0. The number of ether oxygens (including phenoxy) is 1. The third kappa shape index (κ3) is 3.37. The molecule has 0 unspecified atom stereocenters. The lowest BCUT2D eigenvalue weighted by molar-refractivity contribution is -0.135. The van der Waals surface area contributed by atoms with Crippen molar-refractivity contribution in [3.05, 3.63) is 18.2 Å². The van der Waals surface area contributed by atoms with Gasteiger partial charge in [0.25, 0.3) is 0 Å². The van der Waals surface area contributed by atoms with Crippen LogP contribution < -0.4 is 0 Å². The highest BCUT2D eigenvalue weighted by atomic mass is 16.5. The second-order valence-electron chi connectivity index (χ2n) is 5.18. The van der Waals surface area contributed by atoms with E-state index >= 15 is 0 Å². The van der Waals surface area contributed by atoms with E-state index in [1.165, 1.54) is 0 Å². The topological polar surface area (TPSA) is 50.6 Å². The first kappa shape index (κ1) is 15.0. The van der Waals surface area contributed by atoms with Crippen LogP contribution in [0.25, 0.3) is 0 Å². The molecule has 1 atom stereocenters. The molecule has 0 radical (unpaired) electrons. The van der Waals surface area contributed by atoms with Gasteiger partial charge in [-0.15, -0.1) is 0 Å². The van der Waals surface area contributed by atoms with Crippen LogP contribution in [0.2, 0.25) is 0 Å². The number of rotatable bonds is 5. The van der Waals surface area contributed by atoms with Crippen LogP contribution >= 0.6 is 0 Å². The average molecular weight is 280 g/mol. The molecule has 0 bridgehead atoms. The van der Waals surface area contributed by atoms with Crippen LogP contribution in [0.15, 0.2) is 12.4 Å². The van der Waals surface area contributed by atoms with E-state index in [0.29, 0.717) is 26.2 Å². The Kier molecular flexibility index (Phi) is 5.14. The maximum absolute atomic E-state index is 12.2. The molecule has 0 aliphatic carbocycles. The summed E-state index contributed by atoms with van der Waals surface area (Å²) in [6, 6.07) is 0.166. The van der Waals surface area contributed by atoms with E-state index in [2.05, 4.69) is 16.9 Å². The number of likely N-dealkylation sites (N-methyl/N-ethyl adjacent to an activating group) is 1. The number of carbonyl (C=O) groups excluding carboxylic acids is 1. The largest absolute Gasteiger partial charge is 0.381 e. The summed E-state index contributed by atoms with van der Waals surface area (Å²) in [5.41, 5.74) is 0. The zero-order valence-electron chi connectivity index (χ0n) is 12.6. The minimum absolute atomic E-state index is 0.166. The van der Waals surface area contributed by atoms with E-state index in [9.17, 15) is 4.79 Å². The highest BCUT2D eigenvalue weighted by molar-refractivity contribution is 5.76. The molecule has 20 heavy (non-hydrogen) atoms. The van der Waals surface area contributed by atoms with E-state index in [1.54, 1.807) is 6.20 Å². The maximum atomic E-state index is 12.2. The fraction of sp³-hybridized carbons (Fsp3) is 0.714. The lowest BCUT2D eigenvalue weighted by Crippen LogP contribution is -2.49. The van der Waals surface area contributed by atoms with Crippen molar-refractivity contribution >= 4 is 5.91 Å². The van der Waals surface area contributed by atoms with Gasteiger partial charge in [0.15, 0.2) is 0 Å². The molecule has 112 valence electrons. The molecule has 0 saturated carbocycles. The van der Waals surface area contributed by atoms with E-state index in [1.807, 2.05) is 29.6 Å². The van der Waals surface area contributed by atoms with Gasteiger partial charge in [0, 0.05) is 45.7 Å². The van der Waals surface area contributed by atoms with Crippen LogP contribution in [0, 0.1) is 0 Å². The minimum Gasteiger partial charge on any atom is -0.381 e. The second-order valence-corrected chi connectivity index (χ2v) is 5.18. The molecule has 0 spiro atoms. The predicted octanol–water partition coefficient (Wildman–Crippen LogP) is 0.662. The van der Waals surface area contributed by atoms with Crippen LogP contribution in [-0.4, -0.2) is 65.2 Å². The van der Waals surface area contributed by atoms with Gasteiger partial charge in [0.1, 0.15) is 5.82 Å². The van der Waals surface area contributed by atoms with E-state index in [4.69, 9.17) is 4.74 Å². The Balaban J connectivity index is 1.97. The van der Waals surface area contributed by atoms with E-state index in [0.717, 1.165) is 18.9 Å². The normalized spacial score (nSPS) is 20.4. The standard InChI is InChI=1S/C14H24N4O2/c1-4-20-10-5-13(19)18-9-8-16(2)12(11-18)14-15-6-7-17(14)3/h6-7,12H,4-5,8-11H2,1-3H3/t12-/m1/s1. The number of hydrogen-bond donors (Lipinski definition) is 0. The van der Waals surface area contributed by atoms with Gasteiger partial charge in [-0.1, -0.05) is 0 Å². The first-order valence-electron chi connectivity index (χ1n) is 7.16. The quantitative estimate of drug-likeness (QED) is 0.744. The molecule has 6 heteroatoms. The number of amides is 1. The van der Waals surface area contributed by atoms with Gasteiger partial charge < -0.3 is 14.2 Å². The van der Waals surface area contributed by atoms with Gasteiger partial charge >= 0.3 is 0 Å². The van der Waals surface area contributed by atoms with Crippen molar-refractivity contribution < 1.29 is 9.53 Å². The Hall–Kier alpha value is -1.40. The van der Waals surface area contributed by atoms with Crippen molar-refractivity contribution in [1.29, 1.82) is 0 Å². The van der Waals surface area contributed by atoms with Gasteiger partial charge in [-0.2, -0.15) is 0 Å². The molecule has 1 aliphatic heterocycles. The summed E-state index contributed by atoms with van der Waals surface area (Å²) in [5.74, 6) is 1.18. The number of imidazole rings is 1. The fourth-order valence-corrected chi connectivity index (χ4v) is 2.54. The number of aryl methyl sites for hydroxylation is 1. The van der Waals surface area contributed by atoms with Crippen LogP contribution in [0.5, 0.6) is 0 Å². The van der Waals surface area contributed by atoms with E-state index in [-0.39, 0.29) is 11.9 Å². The van der Waals surface area contributed by atoms with Crippen molar-refractivity contribution in [2.45, 2.75) is 19.4 Å². The molecule has 2 heterocycles. The lowest BCUT2D eigenvalue weighted by atomic mass is 10.1. The number of hydrogen-bond acceptors (Lipinski definition) is 4. The Bertz CT molecular complexity index is 446. The summed E-state index contributed by atoms with van der Waals surface area (Å²) in [4.78, 5) is 20.8. The van der Waals surface area contributed by atoms with E-state index < -0.39 is 0 Å². The monoisotopic (exact) mass is 280 g/mol. The molecule has 0 N–H and O–H groups in total. The highest BCUT2D eigenvalue weighted by Gasteiger charge is 2.30. The molecule has 1 fully saturated rings. The van der Waals surface area contributed by atoms with Crippen LogP contribution in [-0.2, 0) is 16.6 Å². The molecular formula is C14H24N4O2. The molecule has 1 aromatic heterocycles. The van der Waals surface area contributed by atoms with Crippen molar-refractivity contribution in [3.8, 4) is 0 Å². The number of aromatic nitrogens is 2. The molecule has 1 aromatic rings. The third-order valence-electron chi connectivity index (χ3n) is 3.82. The fourth-order valence-electron chi connectivity index (χ4n) is 2.54. The molecule has 6 nitrogen and oxygen atoms in total. The predicted molar refractivity (Wildman–Crippen MR) is 76.3 cm³/mol. The zero-order chi connectivity index (χ0) is 14.5. The lowest BCUT2D eigenvalue weighted by Gasteiger charge is -2.39. The maximum Gasteiger partial charge on any atom is 0.224 e. The molecule has 1 aliphatic rings. The van der Waals surface area contributed by atoms with Gasteiger partial charge in [-0.3, -0.25) is 9.69 Å². The van der Waals surface area contributed by atoms with Gasteiger partial charge in [-0.25, -0.2) is 4.98 Å². The minimum atomic E-state index is 0.166. The van der Waals surface area contributed by atoms with Crippen molar-refractivity contribution in [3.63, 3.8) is 0 Å². The third-order valence-corrected chi connectivity index (χ3v) is 3.82. The summed E-state index contributed by atoms with van der Waals surface area (Å²) in [6.45, 7) is 5.46. The Labute approximate surface area is 120 Å². The van der Waals surface area contributed by atoms with Crippen LogP contribution in [0.1, 0.15) is 25.2 Å².